The number of hydrogen-bond donors (Lipinski definition) is 0. The monoisotopic (exact) mass is 528 g/mol. The number of carbonyl (C=O) groups excluding carboxylic acids is 6. The minimum atomic E-state index is -0.394. The predicted molar refractivity (Wildman–Crippen MR) is 135 cm³/mol. The summed E-state index contributed by atoms with van der Waals surface area (Å²) in [4.78, 5) is 72.1. The Morgan fingerprint density at radius 2 is 1.36 bits per heavy atom. The lowest BCUT2D eigenvalue weighted by molar-refractivity contribution is -0.141. The molecule has 11 heteroatoms. The van der Waals surface area contributed by atoms with Gasteiger partial charge in [-0.05, 0) is 0 Å². The first-order chi connectivity index (χ1) is 16.9. The summed E-state index contributed by atoms with van der Waals surface area (Å²) in [5.74, 6) is -0.515. The third-order valence-electron chi connectivity index (χ3n) is 5.91. The molecule has 0 bridgehead atoms. The van der Waals surface area contributed by atoms with Gasteiger partial charge in [-0.2, -0.15) is 0 Å². The lowest BCUT2D eigenvalue weighted by atomic mass is 10.1. The lowest BCUT2D eigenvalue weighted by Gasteiger charge is -2.15. The van der Waals surface area contributed by atoms with E-state index in [4.69, 9.17) is 9.47 Å². The van der Waals surface area contributed by atoms with E-state index < -0.39 is 5.25 Å². The molecular formula is C25H40N2O8S. The quantitative estimate of drug-likeness (QED) is 0.189. The molecule has 2 saturated heterocycles. The van der Waals surface area contributed by atoms with E-state index in [0.717, 1.165) is 0 Å². The van der Waals surface area contributed by atoms with Crippen LogP contribution in [-0.4, -0.2) is 89.6 Å². The van der Waals surface area contributed by atoms with Gasteiger partial charge in [-0.1, -0.05) is 34.6 Å². The molecule has 10 nitrogen and oxygen atoms in total. The van der Waals surface area contributed by atoms with Crippen LogP contribution in [0.1, 0.15) is 60.3 Å². The van der Waals surface area contributed by atoms with Crippen molar-refractivity contribution in [3.05, 3.63) is 0 Å². The van der Waals surface area contributed by atoms with Crippen molar-refractivity contribution in [3.63, 3.8) is 0 Å². The van der Waals surface area contributed by atoms with E-state index >= 15 is 0 Å². The highest BCUT2D eigenvalue weighted by Gasteiger charge is 2.39. The van der Waals surface area contributed by atoms with Gasteiger partial charge >= 0.3 is 0 Å². The number of thioether (sulfide) groups is 1. The van der Waals surface area contributed by atoms with Gasteiger partial charge in [-0.25, -0.2) is 0 Å². The maximum atomic E-state index is 12.1. The summed E-state index contributed by atoms with van der Waals surface area (Å²) in [7, 11) is 1.59. The molecule has 2 rings (SSSR count). The zero-order chi connectivity index (χ0) is 27.4. The van der Waals surface area contributed by atoms with E-state index in [1.54, 1.807) is 14.0 Å². The number of methoxy groups -OCH3 is 1. The van der Waals surface area contributed by atoms with Crippen LogP contribution in [0.25, 0.3) is 0 Å². The Labute approximate surface area is 217 Å². The number of imide groups is 2. The Morgan fingerprint density at radius 3 is 1.81 bits per heavy atom. The molecule has 0 aliphatic carbocycles. The van der Waals surface area contributed by atoms with E-state index in [9.17, 15) is 28.8 Å². The highest BCUT2D eigenvalue weighted by molar-refractivity contribution is 8.00. The Balaban J connectivity index is 0.000000381. The van der Waals surface area contributed by atoms with Gasteiger partial charge in [0.25, 0.3) is 0 Å². The molecule has 36 heavy (non-hydrogen) atoms. The van der Waals surface area contributed by atoms with Crippen LogP contribution in [0.4, 0.5) is 0 Å². The molecule has 0 aromatic heterocycles. The minimum Gasteiger partial charge on any atom is -0.382 e. The molecule has 2 atom stereocenters. The van der Waals surface area contributed by atoms with Crippen LogP contribution in [0, 0.1) is 17.8 Å². The van der Waals surface area contributed by atoms with Crippen molar-refractivity contribution in [2.45, 2.75) is 65.6 Å². The second kappa shape index (κ2) is 15.9. The van der Waals surface area contributed by atoms with Gasteiger partial charge < -0.3 is 9.47 Å². The largest absolute Gasteiger partial charge is 0.382 e. The van der Waals surface area contributed by atoms with Crippen molar-refractivity contribution < 1.29 is 38.2 Å². The number of nitrogens with zero attached hydrogens (tertiary/aromatic N) is 2. The molecule has 0 saturated carbocycles. The van der Waals surface area contributed by atoms with Crippen molar-refractivity contribution in [2.24, 2.45) is 17.8 Å². The third kappa shape index (κ3) is 10.1. The Morgan fingerprint density at radius 1 is 0.861 bits per heavy atom. The van der Waals surface area contributed by atoms with Gasteiger partial charge in [-0.15, -0.1) is 11.8 Å². The number of ketones is 2. The predicted octanol–water partition coefficient (Wildman–Crippen LogP) is 2.08. The Bertz CT molecular complexity index is 814. The second-order valence-corrected chi connectivity index (χ2v) is 10.6. The van der Waals surface area contributed by atoms with Gasteiger partial charge in [0.2, 0.25) is 23.6 Å². The summed E-state index contributed by atoms with van der Waals surface area (Å²) >= 11 is 1.32. The average Bonchev–Trinajstić information content (AvgIpc) is 3.23. The molecule has 2 unspecified atom stereocenters. The topological polar surface area (TPSA) is 127 Å². The number of rotatable bonds is 14. The van der Waals surface area contributed by atoms with E-state index in [0.29, 0.717) is 19.2 Å². The first-order valence-electron chi connectivity index (χ1n) is 12.3. The summed E-state index contributed by atoms with van der Waals surface area (Å²) in [6.07, 6.45) is 0.987. The van der Waals surface area contributed by atoms with Crippen molar-refractivity contribution in [1.82, 2.24) is 9.80 Å². The van der Waals surface area contributed by atoms with Gasteiger partial charge in [0.05, 0.1) is 24.4 Å². The van der Waals surface area contributed by atoms with Gasteiger partial charge in [0, 0.05) is 63.6 Å². The fourth-order valence-electron chi connectivity index (χ4n) is 3.45. The van der Waals surface area contributed by atoms with Crippen molar-refractivity contribution in [3.8, 4) is 0 Å². The lowest BCUT2D eigenvalue weighted by Crippen LogP contribution is -2.33. The molecule has 204 valence electrons. The van der Waals surface area contributed by atoms with E-state index in [1.165, 1.54) is 21.6 Å². The van der Waals surface area contributed by atoms with Crippen LogP contribution in [0.3, 0.4) is 0 Å². The van der Waals surface area contributed by atoms with Crippen molar-refractivity contribution >= 4 is 47.0 Å². The molecule has 0 N–H and O–H groups in total. The molecule has 0 aromatic carbocycles. The molecule has 0 radical (unpaired) electrons. The summed E-state index contributed by atoms with van der Waals surface area (Å²) in [6, 6.07) is 0. The van der Waals surface area contributed by atoms with Crippen LogP contribution in [0.5, 0.6) is 0 Å². The van der Waals surface area contributed by atoms with E-state index in [2.05, 4.69) is 0 Å². The molecule has 4 amide bonds. The number of Topliss-reactive ketones (excluding diaryl/α,β-unsaturated/α-hetero) is 2. The Kier molecular flexibility index (Phi) is 14.1. The number of amides is 4. The van der Waals surface area contributed by atoms with Crippen LogP contribution >= 0.6 is 11.8 Å². The molecule has 2 aliphatic heterocycles. The van der Waals surface area contributed by atoms with Crippen LogP contribution in [0.15, 0.2) is 0 Å². The van der Waals surface area contributed by atoms with Crippen LogP contribution < -0.4 is 0 Å². The molecule has 2 aliphatic rings. The van der Waals surface area contributed by atoms with E-state index in [-0.39, 0.29) is 91.7 Å². The molecule has 2 fully saturated rings. The second-order valence-electron chi connectivity index (χ2n) is 9.49. The summed E-state index contributed by atoms with van der Waals surface area (Å²) < 4.78 is 10.1. The maximum absolute atomic E-state index is 12.1. The molecular weight excluding hydrogens is 488 g/mol. The number of likely N-dealkylation sites (tertiary alicyclic amines) is 2. The summed E-state index contributed by atoms with van der Waals surface area (Å²) in [5, 5.41) is -0.394. The molecule has 2 heterocycles. The molecule has 0 spiro atoms. The normalized spacial score (nSPS) is 20.0. The highest BCUT2D eigenvalue weighted by atomic mass is 32.2. The maximum Gasteiger partial charge on any atom is 0.242 e. The van der Waals surface area contributed by atoms with Gasteiger partial charge in [-0.3, -0.25) is 38.6 Å². The van der Waals surface area contributed by atoms with Crippen LogP contribution in [-0.2, 0) is 38.2 Å². The third-order valence-corrected chi connectivity index (χ3v) is 6.98. The zero-order valence-corrected chi connectivity index (χ0v) is 23.1. The number of ether oxygens (including phenoxy) is 2. The van der Waals surface area contributed by atoms with Gasteiger partial charge in [0.1, 0.15) is 11.6 Å². The highest BCUT2D eigenvalue weighted by Crippen LogP contribution is 2.25. The molecule has 0 aromatic rings. The van der Waals surface area contributed by atoms with Crippen molar-refractivity contribution in [1.29, 1.82) is 0 Å². The number of hydrogen-bond acceptors (Lipinski definition) is 9. The first kappa shape index (κ1) is 31.9. The summed E-state index contributed by atoms with van der Waals surface area (Å²) in [6.45, 7) is 10.4. The van der Waals surface area contributed by atoms with E-state index in [1.807, 2.05) is 27.7 Å². The fourth-order valence-corrected chi connectivity index (χ4v) is 4.36. The van der Waals surface area contributed by atoms with Crippen LogP contribution in [0.2, 0.25) is 0 Å². The zero-order valence-electron chi connectivity index (χ0n) is 22.2. The standard InChI is InChI=1S/C14H23NO5S.C11H17NO3/c1-10(2)11(16)4-5-15-13(17)8-12(14(15)18)21-9-20-7-6-19-3;1-7(2)9(13)4-5-12-10(14)6-8(3)11(12)15/h10,12H,4-9H2,1-3H3;7-8H,4-6H2,1-3H3. The van der Waals surface area contributed by atoms with Gasteiger partial charge in [0.15, 0.2) is 0 Å². The minimum absolute atomic E-state index is 0.0322. The summed E-state index contributed by atoms with van der Waals surface area (Å²) in [5.41, 5.74) is 0. The SMILES string of the molecule is CC(C)C(=O)CCN1C(=O)CC(C)C1=O.COCCOCSC1CC(=O)N(CCC(=O)C(C)C)C1=O. The number of carbonyl (C=O) groups is 6. The Hall–Kier alpha value is -2.11. The first-order valence-corrected chi connectivity index (χ1v) is 13.4. The smallest absolute Gasteiger partial charge is 0.242 e. The average molecular weight is 529 g/mol. The fraction of sp³-hybridized carbons (Fsp3) is 0.760. The van der Waals surface area contributed by atoms with Crippen molar-refractivity contribution in [2.75, 3.05) is 39.4 Å².